The van der Waals surface area contributed by atoms with Gasteiger partial charge in [0.1, 0.15) is 0 Å². The fraction of sp³-hybridized carbons (Fsp3) is 0.300. The lowest BCUT2D eigenvalue weighted by molar-refractivity contribution is 0.0950. The zero-order valence-electron chi connectivity index (χ0n) is 8.06. The van der Waals surface area contributed by atoms with Crippen molar-refractivity contribution in [2.75, 3.05) is 6.54 Å². The summed E-state index contributed by atoms with van der Waals surface area (Å²) in [4.78, 5) is 11.6. The number of alkyl halides is 1. The summed E-state index contributed by atoms with van der Waals surface area (Å²) in [7, 11) is 0. The monoisotopic (exact) mass is 293 g/mol. The summed E-state index contributed by atoms with van der Waals surface area (Å²) < 4.78 is 13.4. The predicted molar refractivity (Wildman–Crippen MR) is 62.1 cm³/mol. The average molecular weight is 295 g/mol. The Labute approximate surface area is 101 Å². The molecule has 1 N–H and O–H groups in total. The summed E-state index contributed by atoms with van der Waals surface area (Å²) in [5.41, 5.74) is -0.0318. The Hall–Kier alpha value is -0.610. The molecule has 0 radical (unpaired) electrons. The Morgan fingerprint density at radius 3 is 2.93 bits per heavy atom. The molecular formula is C10H10BrClFNO. The molecule has 0 bridgehead atoms. The lowest BCUT2D eigenvalue weighted by Gasteiger charge is -2.07. The zero-order valence-corrected chi connectivity index (χ0v) is 10.4. The number of hydrogen-bond acceptors (Lipinski definition) is 1. The average Bonchev–Trinajstić information content (AvgIpc) is 2.18. The van der Waals surface area contributed by atoms with Gasteiger partial charge in [0.15, 0.2) is 5.82 Å². The first-order chi connectivity index (χ1) is 7.02. The molecule has 1 unspecified atom stereocenters. The Morgan fingerprint density at radius 2 is 2.33 bits per heavy atom. The van der Waals surface area contributed by atoms with Gasteiger partial charge in [-0.25, -0.2) is 4.39 Å². The quantitative estimate of drug-likeness (QED) is 0.853. The van der Waals surface area contributed by atoms with Crippen LogP contribution in [0.3, 0.4) is 0 Å². The molecule has 82 valence electrons. The molecule has 0 aliphatic rings. The van der Waals surface area contributed by atoms with Crippen LogP contribution in [0.1, 0.15) is 17.3 Å². The van der Waals surface area contributed by atoms with Crippen molar-refractivity contribution in [1.29, 1.82) is 0 Å². The molecule has 0 aliphatic heterocycles. The molecule has 0 fully saturated rings. The Balaban J connectivity index is 2.78. The zero-order chi connectivity index (χ0) is 11.4. The maximum atomic E-state index is 13.4. The number of carbonyl (C=O) groups excluding carboxylic acids is 1. The van der Waals surface area contributed by atoms with Gasteiger partial charge in [0.25, 0.3) is 5.91 Å². The molecular weight excluding hydrogens is 284 g/mol. The molecule has 0 saturated carbocycles. The standard InChI is InChI=1S/C10H10BrClFNO/c1-6(11)5-14-10(15)7-3-2-4-8(12)9(7)13/h2-4,6H,5H2,1H3,(H,14,15). The van der Waals surface area contributed by atoms with Crippen LogP contribution in [0.5, 0.6) is 0 Å². The van der Waals surface area contributed by atoms with Crippen molar-refractivity contribution in [3.05, 3.63) is 34.6 Å². The van der Waals surface area contributed by atoms with Crippen LogP contribution in [-0.4, -0.2) is 17.3 Å². The largest absolute Gasteiger partial charge is 0.351 e. The molecule has 1 aromatic carbocycles. The number of rotatable bonds is 3. The van der Waals surface area contributed by atoms with Crippen LogP contribution in [0.15, 0.2) is 18.2 Å². The van der Waals surface area contributed by atoms with E-state index in [1.54, 1.807) is 0 Å². The minimum Gasteiger partial charge on any atom is -0.351 e. The highest BCUT2D eigenvalue weighted by Crippen LogP contribution is 2.17. The lowest BCUT2D eigenvalue weighted by atomic mass is 10.2. The van der Waals surface area contributed by atoms with E-state index in [-0.39, 0.29) is 15.4 Å². The maximum Gasteiger partial charge on any atom is 0.254 e. The van der Waals surface area contributed by atoms with E-state index in [2.05, 4.69) is 21.2 Å². The number of carbonyl (C=O) groups is 1. The molecule has 0 heterocycles. The van der Waals surface area contributed by atoms with Crippen molar-refractivity contribution >= 4 is 33.4 Å². The summed E-state index contributed by atoms with van der Waals surface area (Å²) in [6.07, 6.45) is 0. The molecule has 1 aromatic rings. The first-order valence-electron chi connectivity index (χ1n) is 4.38. The normalized spacial score (nSPS) is 12.3. The number of amides is 1. The van der Waals surface area contributed by atoms with Gasteiger partial charge in [-0.1, -0.05) is 40.5 Å². The van der Waals surface area contributed by atoms with Gasteiger partial charge in [-0.15, -0.1) is 0 Å². The molecule has 0 saturated heterocycles. The van der Waals surface area contributed by atoms with Crippen LogP contribution in [0, 0.1) is 5.82 Å². The second kappa shape index (κ2) is 5.47. The van der Waals surface area contributed by atoms with Crippen LogP contribution < -0.4 is 5.32 Å². The Morgan fingerprint density at radius 1 is 1.67 bits per heavy atom. The highest BCUT2D eigenvalue weighted by Gasteiger charge is 2.13. The van der Waals surface area contributed by atoms with Crippen LogP contribution in [0.2, 0.25) is 5.02 Å². The third-order valence-electron chi connectivity index (χ3n) is 1.74. The number of hydrogen-bond donors (Lipinski definition) is 1. The van der Waals surface area contributed by atoms with E-state index in [0.717, 1.165) is 0 Å². The summed E-state index contributed by atoms with van der Waals surface area (Å²) >= 11 is 8.83. The number of halogens is 3. The highest BCUT2D eigenvalue weighted by atomic mass is 79.9. The SMILES string of the molecule is CC(Br)CNC(=O)c1cccc(Cl)c1F. The van der Waals surface area contributed by atoms with Gasteiger partial charge in [-0.05, 0) is 12.1 Å². The summed E-state index contributed by atoms with van der Waals surface area (Å²) in [5, 5.41) is 2.54. The topological polar surface area (TPSA) is 29.1 Å². The Kier molecular flexibility index (Phi) is 4.54. The smallest absolute Gasteiger partial charge is 0.254 e. The molecule has 1 amide bonds. The third kappa shape index (κ3) is 3.47. The molecule has 15 heavy (non-hydrogen) atoms. The van der Waals surface area contributed by atoms with Crippen molar-refractivity contribution in [1.82, 2.24) is 5.32 Å². The van der Waals surface area contributed by atoms with E-state index in [9.17, 15) is 9.18 Å². The van der Waals surface area contributed by atoms with Gasteiger partial charge in [0, 0.05) is 11.4 Å². The van der Waals surface area contributed by atoms with Crippen LogP contribution in [0.4, 0.5) is 4.39 Å². The second-order valence-electron chi connectivity index (χ2n) is 3.09. The molecule has 1 atom stereocenters. The fourth-order valence-electron chi connectivity index (χ4n) is 1.01. The van der Waals surface area contributed by atoms with E-state index >= 15 is 0 Å². The van der Waals surface area contributed by atoms with Crippen LogP contribution >= 0.6 is 27.5 Å². The van der Waals surface area contributed by atoms with Crippen molar-refractivity contribution in [2.45, 2.75) is 11.8 Å². The molecule has 2 nitrogen and oxygen atoms in total. The first kappa shape index (κ1) is 12.5. The van der Waals surface area contributed by atoms with E-state index in [0.29, 0.717) is 6.54 Å². The van der Waals surface area contributed by atoms with Gasteiger partial charge >= 0.3 is 0 Å². The minimum absolute atomic E-state index is 0.0318. The van der Waals surface area contributed by atoms with E-state index in [1.807, 2.05) is 6.92 Å². The molecule has 5 heteroatoms. The molecule has 0 aromatic heterocycles. The van der Waals surface area contributed by atoms with Gasteiger partial charge in [-0.2, -0.15) is 0 Å². The highest BCUT2D eigenvalue weighted by molar-refractivity contribution is 9.09. The Bertz CT molecular complexity index is 370. The third-order valence-corrected chi connectivity index (χ3v) is 2.36. The molecule has 1 rings (SSSR count). The number of nitrogens with one attached hydrogen (secondary N) is 1. The molecule has 0 spiro atoms. The van der Waals surface area contributed by atoms with Crippen molar-refractivity contribution < 1.29 is 9.18 Å². The van der Waals surface area contributed by atoms with Gasteiger partial charge in [-0.3, -0.25) is 4.79 Å². The minimum atomic E-state index is -0.682. The van der Waals surface area contributed by atoms with Gasteiger partial charge < -0.3 is 5.32 Å². The first-order valence-corrected chi connectivity index (χ1v) is 5.68. The van der Waals surface area contributed by atoms with E-state index < -0.39 is 11.7 Å². The maximum absolute atomic E-state index is 13.4. The second-order valence-corrected chi connectivity index (χ2v) is 5.06. The van der Waals surface area contributed by atoms with E-state index in [1.165, 1.54) is 18.2 Å². The molecule has 0 aliphatic carbocycles. The predicted octanol–water partition coefficient (Wildman–Crippen LogP) is 2.99. The van der Waals surface area contributed by atoms with Crippen molar-refractivity contribution in [3.8, 4) is 0 Å². The fourth-order valence-corrected chi connectivity index (χ4v) is 1.34. The van der Waals surface area contributed by atoms with Gasteiger partial charge in [0.05, 0.1) is 10.6 Å². The lowest BCUT2D eigenvalue weighted by Crippen LogP contribution is -2.29. The van der Waals surface area contributed by atoms with Crippen molar-refractivity contribution in [3.63, 3.8) is 0 Å². The van der Waals surface area contributed by atoms with Crippen LogP contribution in [0.25, 0.3) is 0 Å². The summed E-state index contributed by atoms with van der Waals surface area (Å²) in [5.74, 6) is -1.14. The van der Waals surface area contributed by atoms with E-state index in [4.69, 9.17) is 11.6 Å². The number of benzene rings is 1. The van der Waals surface area contributed by atoms with Crippen LogP contribution in [-0.2, 0) is 0 Å². The van der Waals surface area contributed by atoms with Crippen molar-refractivity contribution in [2.24, 2.45) is 0 Å². The summed E-state index contributed by atoms with van der Waals surface area (Å²) in [6.45, 7) is 2.32. The summed E-state index contributed by atoms with van der Waals surface area (Å²) in [6, 6.07) is 4.34. The van der Waals surface area contributed by atoms with Gasteiger partial charge in [0.2, 0.25) is 0 Å².